The minimum absolute atomic E-state index is 0. The van der Waals surface area contributed by atoms with E-state index in [2.05, 4.69) is 0 Å². The number of nitrogens with one attached hydrogen (secondary N) is 1. The molecule has 1 amide bonds. The van der Waals surface area contributed by atoms with E-state index < -0.39 is 15.9 Å². The second kappa shape index (κ2) is 3.92. The number of carbonyl (C=O) groups is 1. The Morgan fingerprint density at radius 1 is 1.44 bits per heavy atom. The first-order valence-electron chi connectivity index (χ1n) is 1.90. The quantitative estimate of drug-likeness (QED) is 0.578. The monoisotopic (exact) mass is 188 g/mol. The fourth-order valence-electron chi connectivity index (χ4n) is 0.261. The average Bonchev–Trinajstić information content (AvgIpc) is 1.21. The normalized spacial score (nSPS) is 9.56. The van der Waals surface area contributed by atoms with E-state index in [4.69, 9.17) is 0 Å². The molecular formula is C3H7NO3SV. The zero-order valence-corrected chi connectivity index (χ0v) is 7.29. The smallest absolute Gasteiger partial charge is 0.231 e. The van der Waals surface area contributed by atoms with Crippen LogP contribution in [0.15, 0.2) is 0 Å². The van der Waals surface area contributed by atoms with E-state index in [1.807, 2.05) is 0 Å². The van der Waals surface area contributed by atoms with Gasteiger partial charge in [-0.05, 0) is 0 Å². The predicted octanol–water partition coefficient (Wildman–Crippen LogP) is -0.920. The maximum absolute atomic E-state index is 10.1. The summed E-state index contributed by atoms with van der Waals surface area (Å²) in [6, 6.07) is 0. The molecule has 0 atom stereocenters. The van der Waals surface area contributed by atoms with Crippen LogP contribution in [0.25, 0.3) is 0 Å². The molecule has 0 saturated heterocycles. The molecule has 0 fully saturated rings. The second-order valence-electron chi connectivity index (χ2n) is 1.43. The minimum atomic E-state index is -3.32. The number of hydrogen-bond acceptors (Lipinski definition) is 3. The minimum Gasteiger partial charge on any atom is -0.274 e. The van der Waals surface area contributed by atoms with Gasteiger partial charge in [-0.2, -0.15) is 0 Å². The number of sulfonamides is 1. The van der Waals surface area contributed by atoms with Crippen molar-refractivity contribution in [2.45, 2.75) is 6.92 Å². The zero-order chi connectivity index (χ0) is 6.78. The summed E-state index contributed by atoms with van der Waals surface area (Å²) in [5.41, 5.74) is 0. The van der Waals surface area contributed by atoms with Crippen molar-refractivity contribution in [3.8, 4) is 0 Å². The van der Waals surface area contributed by atoms with Crippen molar-refractivity contribution in [3.63, 3.8) is 0 Å². The molecule has 4 nitrogen and oxygen atoms in total. The molecule has 0 aliphatic carbocycles. The van der Waals surface area contributed by atoms with Crippen molar-refractivity contribution >= 4 is 15.9 Å². The molecule has 1 radical (unpaired) electrons. The van der Waals surface area contributed by atoms with Crippen molar-refractivity contribution in [2.75, 3.05) is 6.26 Å². The zero-order valence-electron chi connectivity index (χ0n) is 5.08. The summed E-state index contributed by atoms with van der Waals surface area (Å²) in [7, 11) is -3.32. The standard InChI is InChI=1S/C3H7NO3S.V/c1-3(5)4-8(2,6)7;/h1-2H3,(H,4,5);. The Morgan fingerprint density at radius 2 is 1.78 bits per heavy atom. The third-order valence-corrected chi connectivity index (χ3v) is 0.987. The van der Waals surface area contributed by atoms with Gasteiger partial charge in [0, 0.05) is 25.5 Å². The molecule has 0 bridgehead atoms. The molecule has 0 aromatic rings. The van der Waals surface area contributed by atoms with Gasteiger partial charge in [-0.25, -0.2) is 8.42 Å². The van der Waals surface area contributed by atoms with E-state index in [0.717, 1.165) is 13.2 Å². The van der Waals surface area contributed by atoms with Crippen molar-refractivity contribution in [3.05, 3.63) is 0 Å². The summed E-state index contributed by atoms with van der Waals surface area (Å²) in [4.78, 5) is 9.97. The van der Waals surface area contributed by atoms with E-state index in [9.17, 15) is 13.2 Å². The van der Waals surface area contributed by atoms with Gasteiger partial charge in [-0.15, -0.1) is 0 Å². The van der Waals surface area contributed by atoms with Crippen LogP contribution >= 0.6 is 0 Å². The van der Waals surface area contributed by atoms with Crippen molar-refractivity contribution < 1.29 is 31.8 Å². The molecule has 9 heavy (non-hydrogen) atoms. The van der Waals surface area contributed by atoms with Crippen LogP contribution in [0.5, 0.6) is 0 Å². The number of amides is 1. The summed E-state index contributed by atoms with van der Waals surface area (Å²) in [6.07, 6.45) is 0.925. The van der Waals surface area contributed by atoms with Gasteiger partial charge >= 0.3 is 0 Å². The number of rotatable bonds is 1. The summed E-state index contributed by atoms with van der Waals surface area (Å²) in [6.45, 7) is 1.14. The van der Waals surface area contributed by atoms with Crippen LogP contribution in [0.2, 0.25) is 0 Å². The van der Waals surface area contributed by atoms with Gasteiger partial charge in [0.15, 0.2) is 0 Å². The first kappa shape index (κ1) is 11.8. The first-order valence-corrected chi connectivity index (χ1v) is 3.79. The number of carbonyl (C=O) groups excluding carboxylic acids is 1. The van der Waals surface area contributed by atoms with Gasteiger partial charge in [0.1, 0.15) is 0 Å². The van der Waals surface area contributed by atoms with E-state index in [-0.39, 0.29) is 18.6 Å². The largest absolute Gasteiger partial charge is 0.274 e. The van der Waals surface area contributed by atoms with Gasteiger partial charge in [0.25, 0.3) is 0 Å². The van der Waals surface area contributed by atoms with Gasteiger partial charge in [-0.3, -0.25) is 9.52 Å². The molecule has 0 rings (SSSR count). The first-order chi connectivity index (χ1) is 3.42. The predicted molar refractivity (Wildman–Crippen MR) is 28.7 cm³/mol. The van der Waals surface area contributed by atoms with Gasteiger partial charge in [0.2, 0.25) is 15.9 Å². The van der Waals surface area contributed by atoms with Crippen LogP contribution in [-0.4, -0.2) is 20.6 Å². The Kier molecular flexibility index (Phi) is 5.13. The molecule has 0 aromatic carbocycles. The molecule has 0 aliphatic rings. The summed E-state index contributed by atoms with van der Waals surface area (Å²) in [5.74, 6) is -0.562. The van der Waals surface area contributed by atoms with Gasteiger partial charge < -0.3 is 0 Å². The fourth-order valence-corrected chi connectivity index (χ4v) is 0.783. The maximum atomic E-state index is 10.1. The molecule has 0 heterocycles. The molecule has 53 valence electrons. The third-order valence-electron chi connectivity index (χ3n) is 0.329. The molecule has 1 N–H and O–H groups in total. The van der Waals surface area contributed by atoms with Crippen LogP contribution in [0.4, 0.5) is 0 Å². The Balaban J connectivity index is 0. The van der Waals surface area contributed by atoms with Crippen molar-refractivity contribution in [1.82, 2.24) is 4.72 Å². The number of hydrogen-bond donors (Lipinski definition) is 1. The average molecular weight is 188 g/mol. The Hall–Kier alpha value is 0.00442. The summed E-state index contributed by atoms with van der Waals surface area (Å²) in [5, 5.41) is 0. The second-order valence-corrected chi connectivity index (χ2v) is 3.18. The van der Waals surface area contributed by atoms with E-state index in [1.54, 1.807) is 4.72 Å². The maximum Gasteiger partial charge on any atom is 0.231 e. The topological polar surface area (TPSA) is 63.2 Å². The van der Waals surface area contributed by atoms with Gasteiger partial charge in [-0.1, -0.05) is 0 Å². The summed E-state index contributed by atoms with van der Waals surface area (Å²) < 4.78 is 21.9. The molecule has 0 saturated carbocycles. The van der Waals surface area contributed by atoms with Crippen LogP contribution in [0.3, 0.4) is 0 Å². The Labute approximate surface area is 65.9 Å². The van der Waals surface area contributed by atoms with Crippen LogP contribution in [0.1, 0.15) is 6.92 Å². The van der Waals surface area contributed by atoms with E-state index in [1.165, 1.54) is 0 Å². The fraction of sp³-hybridized carbons (Fsp3) is 0.667. The van der Waals surface area contributed by atoms with Crippen LogP contribution in [0, 0.1) is 0 Å². The van der Waals surface area contributed by atoms with Crippen LogP contribution < -0.4 is 4.72 Å². The van der Waals surface area contributed by atoms with Crippen molar-refractivity contribution in [2.24, 2.45) is 0 Å². The molecule has 0 spiro atoms. The molecule has 0 unspecified atom stereocenters. The van der Waals surface area contributed by atoms with E-state index in [0.29, 0.717) is 0 Å². The SMILES string of the molecule is CC(=O)NS(C)(=O)=O.[V]. The van der Waals surface area contributed by atoms with E-state index >= 15 is 0 Å². The molecule has 0 aliphatic heterocycles. The molecule has 6 heteroatoms. The molecule has 0 aromatic heterocycles. The van der Waals surface area contributed by atoms with Crippen molar-refractivity contribution in [1.29, 1.82) is 0 Å². The Morgan fingerprint density at radius 3 is 1.78 bits per heavy atom. The molecular weight excluding hydrogens is 181 g/mol. The van der Waals surface area contributed by atoms with Gasteiger partial charge in [0.05, 0.1) is 6.26 Å². The Bertz CT molecular complexity index is 185. The third kappa shape index (κ3) is 11.5. The van der Waals surface area contributed by atoms with Crippen LogP contribution in [-0.2, 0) is 33.4 Å². The summed E-state index contributed by atoms with van der Waals surface area (Å²) >= 11 is 0.